The molecular weight excluding hydrogens is 245 g/mol. The van der Waals surface area contributed by atoms with Gasteiger partial charge in [0, 0.05) is 12.1 Å². The van der Waals surface area contributed by atoms with Crippen molar-refractivity contribution in [1.29, 1.82) is 0 Å². The number of Topliss-reactive ketones (excluding diaryl/α,β-unsaturated/α-hetero) is 1. The highest BCUT2D eigenvalue weighted by atomic mass is 19.1. The van der Waals surface area contributed by atoms with E-state index < -0.39 is 0 Å². The lowest BCUT2D eigenvalue weighted by molar-refractivity contribution is 0.101. The SMILES string of the molecule is CC(=O)c1ccc(N2CCCCCC2CO)c(F)c1. The first-order valence-corrected chi connectivity index (χ1v) is 6.81. The number of carbonyl (C=O) groups is 1. The third-order valence-electron chi connectivity index (χ3n) is 3.75. The summed E-state index contributed by atoms with van der Waals surface area (Å²) in [6, 6.07) is 4.57. The van der Waals surface area contributed by atoms with Crippen LogP contribution in [0.15, 0.2) is 18.2 Å². The van der Waals surface area contributed by atoms with Crippen LogP contribution < -0.4 is 4.90 Å². The Morgan fingerprint density at radius 2 is 2.21 bits per heavy atom. The van der Waals surface area contributed by atoms with Crippen molar-refractivity contribution in [3.05, 3.63) is 29.6 Å². The Morgan fingerprint density at radius 1 is 1.42 bits per heavy atom. The van der Waals surface area contributed by atoms with Gasteiger partial charge in [-0.1, -0.05) is 12.8 Å². The first kappa shape index (κ1) is 14.0. The Bertz CT molecular complexity index is 461. The molecule has 0 saturated carbocycles. The molecule has 1 aliphatic rings. The Kier molecular flexibility index (Phi) is 4.53. The second kappa shape index (κ2) is 6.15. The lowest BCUT2D eigenvalue weighted by Gasteiger charge is -2.31. The summed E-state index contributed by atoms with van der Waals surface area (Å²) >= 11 is 0. The number of rotatable bonds is 3. The lowest BCUT2D eigenvalue weighted by atomic mass is 10.1. The van der Waals surface area contributed by atoms with Crippen LogP contribution in [0.25, 0.3) is 0 Å². The molecule has 1 N–H and O–H groups in total. The number of halogens is 1. The minimum atomic E-state index is -0.381. The minimum Gasteiger partial charge on any atom is -0.394 e. The van der Waals surface area contributed by atoms with Crippen LogP contribution in [-0.2, 0) is 0 Å². The predicted octanol–water partition coefficient (Wildman–Crippen LogP) is 2.77. The molecule has 1 atom stereocenters. The highest BCUT2D eigenvalue weighted by Crippen LogP contribution is 2.27. The number of aliphatic hydroxyl groups excluding tert-OH is 1. The average Bonchev–Trinajstić information content (AvgIpc) is 2.63. The summed E-state index contributed by atoms with van der Waals surface area (Å²) in [4.78, 5) is 13.2. The van der Waals surface area contributed by atoms with Crippen molar-refractivity contribution in [1.82, 2.24) is 0 Å². The van der Waals surface area contributed by atoms with E-state index >= 15 is 0 Å². The van der Waals surface area contributed by atoms with Gasteiger partial charge in [-0.05, 0) is 38.0 Å². The summed E-state index contributed by atoms with van der Waals surface area (Å²) in [5.41, 5.74) is 0.877. The number of hydrogen-bond donors (Lipinski definition) is 1. The fourth-order valence-corrected chi connectivity index (χ4v) is 2.64. The zero-order valence-corrected chi connectivity index (χ0v) is 11.2. The van der Waals surface area contributed by atoms with Gasteiger partial charge in [-0.2, -0.15) is 0 Å². The normalized spacial score (nSPS) is 20.2. The van der Waals surface area contributed by atoms with Crippen molar-refractivity contribution in [3.63, 3.8) is 0 Å². The van der Waals surface area contributed by atoms with Gasteiger partial charge in [0.2, 0.25) is 0 Å². The third kappa shape index (κ3) is 3.13. The zero-order chi connectivity index (χ0) is 13.8. The summed E-state index contributed by atoms with van der Waals surface area (Å²) in [5.74, 6) is -0.520. The van der Waals surface area contributed by atoms with Crippen LogP contribution >= 0.6 is 0 Å². The molecule has 0 bridgehead atoms. The monoisotopic (exact) mass is 265 g/mol. The quantitative estimate of drug-likeness (QED) is 0.854. The van der Waals surface area contributed by atoms with Crippen LogP contribution in [0, 0.1) is 5.82 Å². The van der Waals surface area contributed by atoms with Gasteiger partial charge in [-0.3, -0.25) is 4.79 Å². The van der Waals surface area contributed by atoms with E-state index in [0.29, 0.717) is 11.3 Å². The van der Waals surface area contributed by atoms with Crippen molar-refractivity contribution < 1.29 is 14.3 Å². The zero-order valence-electron chi connectivity index (χ0n) is 11.2. The van der Waals surface area contributed by atoms with E-state index in [1.54, 1.807) is 12.1 Å². The molecular formula is C15H20FNO2. The van der Waals surface area contributed by atoms with Crippen molar-refractivity contribution >= 4 is 11.5 Å². The van der Waals surface area contributed by atoms with E-state index in [-0.39, 0.29) is 24.2 Å². The van der Waals surface area contributed by atoms with E-state index in [4.69, 9.17) is 0 Å². The standard InChI is InChI=1S/C15H20FNO2/c1-11(19)12-6-7-15(14(16)9-12)17-8-4-2-3-5-13(17)10-18/h6-7,9,13,18H,2-5,8,10H2,1H3. The van der Waals surface area contributed by atoms with Crippen molar-refractivity contribution in [2.24, 2.45) is 0 Å². The number of anilines is 1. The van der Waals surface area contributed by atoms with Crippen LogP contribution in [0.5, 0.6) is 0 Å². The molecule has 0 aromatic heterocycles. The Balaban J connectivity index is 2.30. The molecule has 104 valence electrons. The van der Waals surface area contributed by atoms with E-state index in [9.17, 15) is 14.3 Å². The van der Waals surface area contributed by atoms with Gasteiger partial charge in [0.1, 0.15) is 5.82 Å². The van der Waals surface area contributed by atoms with E-state index in [0.717, 1.165) is 32.2 Å². The molecule has 1 aromatic carbocycles. The van der Waals surface area contributed by atoms with Crippen LogP contribution in [0.1, 0.15) is 43.0 Å². The first-order chi connectivity index (χ1) is 9.13. The van der Waals surface area contributed by atoms with Crippen molar-refractivity contribution in [2.75, 3.05) is 18.1 Å². The van der Waals surface area contributed by atoms with E-state index in [2.05, 4.69) is 0 Å². The van der Waals surface area contributed by atoms with Crippen LogP contribution in [-0.4, -0.2) is 30.1 Å². The van der Waals surface area contributed by atoms with Gasteiger partial charge in [-0.15, -0.1) is 0 Å². The van der Waals surface area contributed by atoms with Gasteiger partial charge in [0.25, 0.3) is 0 Å². The minimum absolute atomic E-state index is 0.0276. The molecule has 1 aliphatic heterocycles. The summed E-state index contributed by atoms with van der Waals surface area (Å²) in [6.45, 7) is 2.21. The largest absolute Gasteiger partial charge is 0.394 e. The van der Waals surface area contributed by atoms with Gasteiger partial charge >= 0.3 is 0 Å². The number of carbonyl (C=O) groups excluding carboxylic acids is 1. The second-order valence-electron chi connectivity index (χ2n) is 5.10. The van der Waals surface area contributed by atoms with Gasteiger partial charge in [0.15, 0.2) is 5.78 Å². The molecule has 2 rings (SSSR count). The van der Waals surface area contributed by atoms with Crippen LogP contribution in [0.4, 0.5) is 10.1 Å². The van der Waals surface area contributed by atoms with Gasteiger partial charge in [-0.25, -0.2) is 4.39 Å². The average molecular weight is 265 g/mol. The number of hydrogen-bond acceptors (Lipinski definition) is 3. The van der Waals surface area contributed by atoms with Crippen LogP contribution in [0.2, 0.25) is 0 Å². The van der Waals surface area contributed by atoms with Gasteiger partial charge < -0.3 is 10.0 Å². The highest BCUT2D eigenvalue weighted by molar-refractivity contribution is 5.94. The number of ketones is 1. The summed E-state index contributed by atoms with van der Waals surface area (Å²) in [5, 5.41) is 9.46. The summed E-state index contributed by atoms with van der Waals surface area (Å²) in [7, 11) is 0. The van der Waals surface area contributed by atoms with Crippen molar-refractivity contribution in [3.8, 4) is 0 Å². The molecule has 19 heavy (non-hydrogen) atoms. The number of aliphatic hydroxyl groups is 1. The summed E-state index contributed by atoms with van der Waals surface area (Å²) in [6.07, 6.45) is 4.06. The maximum Gasteiger partial charge on any atom is 0.159 e. The van der Waals surface area contributed by atoms with Crippen molar-refractivity contribution in [2.45, 2.75) is 38.6 Å². The molecule has 1 aromatic rings. The molecule has 0 spiro atoms. The fourth-order valence-electron chi connectivity index (χ4n) is 2.64. The molecule has 3 nitrogen and oxygen atoms in total. The highest BCUT2D eigenvalue weighted by Gasteiger charge is 2.23. The summed E-state index contributed by atoms with van der Waals surface area (Å²) < 4.78 is 14.2. The fraction of sp³-hybridized carbons (Fsp3) is 0.533. The molecule has 4 heteroatoms. The second-order valence-corrected chi connectivity index (χ2v) is 5.10. The molecule has 0 aliphatic carbocycles. The maximum absolute atomic E-state index is 14.2. The Morgan fingerprint density at radius 3 is 2.84 bits per heavy atom. The number of benzene rings is 1. The van der Waals surface area contributed by atoms with Gasteiger partial charge in [0.05, 0.1) is 18.3 Å². The first-order valence-electron chi connectivity index (χ1n) is 6.81. The number of nitrogens with zero attached hydrogens (tertiary/aromatic N) is 1. The van der Waals surface area contributed by atoms with Crippen LogP contribution in [0.3, 0.4) is 0 Å². The van der Waals surface area contributed by atoms with E-state index in [1.807, 2.05) is 4.90 Å². The molecule has 1 fully saturated rings. The topological polar surface area (TPSA) is 40.5 Å². The molecule has 0 amide bonds. The molecule has 0 radical (unpaired) electrons. The third-order valence-corrected chi connectivity index (χ3v) is 3.75. The lowest BCUT2D eigenvalue weighted by Crippen LogP contribution is -2.38. The molecule has 1 saturated heterocycles. The van der Waals surface area contributed by atoms with E-state index in [1.165, 1.54) is 13.0 Å². The Hall–Kier alpha value is -1.42. The molecule has 1 heterocycles. The smallest absolute Gasteiger partial charge is 0.159 e. The Labute approximate surface area is 113 Å². The maximum atomic E-state index is 14.2. The predicted molar refractivity (Wildman–Crippen MR) is 73.1 cm³/mol. The molecule has 1 unspecified atom stereocenters.